The molecule has 0 unspecified atom stereocenters. The fourth-order valence-corrected chi connectivity index (χ4v) is 2.74. The van der Waals surface area contributed by atoms with Crippen molar-refractivity contribution in [2.75, 3.05) is 13.6 Å². The molecule has 2 N–H and O–H groups in total. The van der Waals surface area contributed by atoms with Crippen molar-refractivity contribution in [1.82, 2.24) is 20.4 Å². The summed E-state index contributed by atoms with van der Waals surface area (Å²) in [6, 6.07) is 0.605. The second-order valence-corrected chi connectivity index (χ2v) is 5.60. The van der Waals surface area contributed by atoms with E-state index in [4.69, 9.17) is 0 Å². The van der Waals surface area contributed by atoms with Gasteiger partial charge in [-0.05, 0) is 31.2 Å². The van der Waals surface area contributed by atoms with E-state index in [-0.39, 0.29) is 24.0 Å². The zero-order valence-corrected chi connectivity index (χ0v) is 15.5. The molecule has 2 rings (SSSR count). The summed E-state index contributed by atoms with van der Waals surface area (Å²) in [6.45, 7) is 0.946. The maximum atomic E-state index is 4.31. The largest absolute Gasteiger partial charge is 0.356 e. The van der Waals surface area contributed by atoms with Gasteiger partial charge in [-0.3, -0.25) is 9.67 Å². The van der Waals surface area contributed by atoms with E-state index >= 15 is 0 Å². The number of aromatic nitrogens is 2. The summed E-state index contributed by atoms with van der Waals surface area (Å²) < 4.78 is 1.85. The van der Waals surface area contributed by atoms with Crippen molar-refractivity contribution >= 4 is 29.9 Å². The molecule has 0 aromatic carbocycles. The molecule has 1 aliphatic rings. The van der Waals surface area contributed by atoms with Gasteiger partial charge < -0.3 is 10.6 Å². The van der Waals surface area contributed by atoms with Gasteiger partial charge in [0.05, 0.1) is 6.20 Å². The average molecular weight is 405 g/mol. The number of aliphatic imine (C=N–C) groups is 1. The van der Waals surface area contributed by atoms with Crippen molar-refractivity contribution in [1.29, 1.82) is 0 Å². The average Bonchev–Trinajstić information content (AvgIpc) is 2.89. The number of nitrogens with zero attached hydrogens (tertiary/aromatic N) is 3. The molecule has 1 aliphatic carbocycles. The lowest BCUT2D eigenvalue weighted by atomic mass is 9.96. The third kappa shape index (κ3) is 6.67. The predicted octanol–water partition coefficient (Wildman–Crippen LogP) is 2.47. The van der Waals surface area contributed by atoms with Crippen molar-refractivity contribution in [2.24, 2.45) is 12.0 Å². The monoisotopic (exact) mass is 405 g/mol. The maximum Gasteiger partial charge on any atom is 0.191 e. The molecule has 1 aromatic heterocycles. The summed E-state index contributed by atoms with van der Waals surface area (Å²) in [5, 5.41) is 11.1. The molecule has 0 saturated heterocycles. The van der Waals surface area contributed by atoms with E-state index in [2.05, 4.69) is 26.9 Å². The first-order chi connectivity index (χ1) is 9.78. The number of rotatable bonds is 5. The van der Waals surface area contributed by atoms with E-state index in [1.165, 1.54) is 37.7 Å². The van der Waals surface area contributed by atoms with Crippen LogP contribution in [0.4, 0.5) is 0 Å². The Morgan fingerprint density at radius 2 is 2.14 bits per heavy atom. The highest BCUT2D eigenvalue weighted by atomic mass is 127. The van der Waals surface area contributed by atoms with E-state index in [1.54, 1.807) is 0 Å². The van der Waals surface area contributed by atoms with Crippen LogP contribution in [0.3, 0.4) is 0 Å². The SMILES string of the molecule is CN=C(NCCCc1cnn(C)c1)NC1CCCCC1.I. The van der Waals surface area contributed by atoms with Crippen molar-refractivity contribution in [2.45, 2.75) is 51.0 Å². The molecule has 120 valence electrons. The molecule has 21 heavy (non-hydrogen) atoms. The second-order valence-electron chi connectivity index (χ2n) is 5.60. The summed E-state index contributed by atoms with van der Waals surface area (Å²) in [5.74, 6) is 0.947. The number of hydrogen-bond acceptors (Lipinski definition) is 2. The zero-order chi connectivity index (χ0) is 14.2. The van der Waals surface area contributed by atoms with Crippen LogP contribution in [0, 0.1) is 0 Å². The van der Waals surface area contributed by atoms with Gasteiger partial charge in [-0.2, -0.15) is 5.10 Å². The van der Waals surface area contributed by atoms with Crippen molar-refractivity contribution in [3.63, 3.8) is 0 Å². The first kappa shape index (κ1) is 18.3. The van der Waals surface area contributed by atoms with Gasteiger partial charge in [-0.25, -0.2) is 0 Å². The van der Waals surface area contributed by atoms with Gasteiger partial charge in [0.25, 0.3) is 0 Å². The van der Waals surface area contributed by atoms with E-state index in [0.717, 1.165) is 25.3 Å². The second kappa shape index (κ2) is 10.0. The van der Waals surface area contributed by atoms with Gasteiger partial charge in [-0.1, -0.05) is 19.3 Å². The standard InChI is InChI=1S/C15H27N5.HI/c1-16-15(19-14-8-4-3-5-9-14)17-10-6-7-13-11-18-20(2)12-13;/h11-12,14H,3-10H2,1-2H3,(H2,16,17,19);1H. The van der Waals surface area contributed by atoms with Gasteiger partial charge in [-0.15, -0.1) is 24.0 Å². The Morgan fingerprint density at radius 1 is 1.38 bits per heavy atom. The Morgan fingerprint density at radius 3 is 2.76 bits per heavy atom. The first-order valence-corrected chi connectivity index (χ1v) is 7.72. The van der Waals surface area contributed by atoms with Crippen LogP contribution in [0.5, 0.6) is 0 Å². The number of aryl methyl sites for hydroxylation is 2. The fourth-order valence-electron chi connectivity index (χ4n) is 2.74. The lowest BCUT2D eigenvalue weighted by Gasteiger charge is -2.24. The highest BCUT2D eigenvalue weighted by Crippen LogP contribution is 2.17. The van der Waals surface area contributed by atoms with Crippen molar-refractivity contribution in [3.8, 4) is 0 Å². The molecule has 0 atom stereocenters. The van der Waals surface area contributed by atoms with Crippen LogP contribution >= 0.6 is 24.0 Å². The lowest BCUT2D eigenvalue weighted by molar-refractivity contribution is 0.410. The summed E-state index contributed by atoms with van der Waals surface area (Å²) in [6.07, 6.45) is 12.8. The Labute approximate surface area is 145 Å². The normalized spacial score (nSPS) is 16.4. The minimum Gasteiger partial charge on any atom is -0.356 e. The zero-order valence-electron chi connectivity index (χ0n) is 13.1. The van der Waals surface area contributed by atoms with Gasteiger partial charge in [0.2, 0.25) is 0 Å². The molecule has 1 aromatic rings. The third-order valence-corrected chi connectivity index (χ3v) is 3.86. The van der Waals surface area contributed by atoms with Crippen LogP contribution < -0.4 is 10.6 Å². The molecule has 6 heteroatoms. The number of hydrogen-bond donors (Lipinski definition) is 2. The Kier molecular flexibility index (Phi) is 8.72. The van der Waals surface area contributed by atoms with Crippen LogP contribution in [0.2, 0.25) is 0 Å². The van der Waals surface area contributed by atoms with Crippen LogP contribution in [0.15, 0.2) is 17.4 Å². The van der Waals surface area contributed by atoms with Gasteiger partial charge in [0.15, 0.2) is 5.96 Å². The smallest absolute Gasteiger partial charge is 0.191 e. The summed E-state index contributed by atoms with van der Waals surface area (Å²) in [7, 11) is 3.80. The minimum absolute atomic E-state index is 0. The van der Waals surface area contributed by atoms with E-state index in [1.807, 2.05) is 25.0 Å². The van der Waals surface area contributed by atoms with Crippen LogP contribution in [-0.4, -0.2) is 35.4 Å². The molecule has 0 spiro atoms. The van der Waals surface area contributed by atoms with E-state index < -0.39 is 0 Å². The van der Waals surface area contributed by atoms with Gasteiger partial charge in [0, 0.05) is 32.9 Å². The minimum atomic E-state index is 0. The lowest BCUT2D eigenvalue weighted by Crippen LogP contribution is -2.44. The molecule has 0 bridgehead atoms. The van der Waals surface area contributed by atoms with Crippen LogP contribution in [0.1, 0.15) is 44.1 Å². The van der Waals surface area contributed by atoms with Crippen LogP contribution in [-0.2, 0) is 13.5 Å². The Hall–Kier alpha value is -0.790. The highest BCUT2D eigenvalue weighted by molar-refractivity contribution is 14.0. The molecule has 1 fully saturated rings. The maximum absolute atomic E-state index is 4.31. The highest BCUT2D eigenvalue weighted by Gasteiger charge is 2.14. The fraction of sp³-hybridized carbons (Fsp3) is 0.733. The van der Waals surface area contributed by atoms with E-state index in [9.17, 15) is 0 Å². The first-order valence-electron chi connectivity index (χ1n) is 7.72. The molecule has 1 saturated carbocycles. The van der Waals surface area contributed by atoms with Gasteiger partial charge >= 0.3 is 0 Å². The number of halogens is 1. The van der Waals surface area contributed by atoms with Crippen molar-refractivity contribution < 1.29 is 0 Å². The molecular weight excluding hydrogens is 377 g/mol. The van der Waals surface area contributed by atoms with Crippen molar-refractivity contribution in [3.05, 3.63) is 18.0 Å². The molecule has 0 radical (unpaired) electrons. The molecule has 0 aliphatic heterocycles. The molecule has 5 nitrogen and oxygen atoms in total. The molecule has 1 heterocycles. The topological polar surface area (TPSA) is 54.2 Å². The van der Waals surface area contributed by atoms with Crippen LogP contribution in [0.25, 0.3) is 0 Å². The Bertz CT molecular complexity index is 423. The quantitative estimate of drug-likeness (QED) is 0.343. The number of guanidine groups is 1. The van der Waals surface area contributed by atoms with E-state index in [0.29, 0.717) is 6.04 Å². The summed E-state index contributed by atoms with van der Waals surface area (Å²) in [5.41, 5.74) is 1.30. The Balaban J connectivity index is 0.00000220. The summed E-state index contributed by atoms with van der Waals surface area (Å²) in [4.78, 5) is 4.31. The number of nitrogens with one attached hydrogen (secondary N) is 2. The predicted molar refractivity (Wildman–Crippen MR) is 98.3 cm³/mol. The molecular formula is C15H28IN5. The third-order valence-electron chi connectivity index (χ3n) is 3.86. The van der Waals surface area contributed by atoms with Gasteiger partial charge in [0.1, 0.15) is 0 Å². The molecule has 0 amide bonds. The summed E-state index contributed by atoms with van der Waals surface area (Å²) >= 11 is 0.